The Morgan fingerprint density at radius 3 is 2.45 bits per heavy atom. The second kappa shape index (κ2) is 6.27. The van der Waals surface area contributed by atoms with E-state index in [1.807, 2.05) is 18.2 Å². The number of fused-ring (bicyclic) bond motifs is 1. The van der Waals surface area contributed by atoms with Gasteiger partial charge in [-0.05, 0) is 23.4 Å². The number of methoxy groups -OCH3 is 2. The number of carbonyl (C=O) groups excluding carboxylic acids is 1. The van der Waals surface area contributed by atoms with Gasteiger partial charge in [0.2, 0.25) is 0 Å². The van der Waals surface area contributed by atoms with Crippen LogP contribution in [0.2, 0.25) is 0 Å². The number of thiophene rings is 1. The van der Waals surface area contributed by atoms with Gasteiger partial charge in [-0.25, -0.2) is 0 Å². The van der Waals surface area contributed by atoms with E-state index in [1.165, 1.54) is 11.3 Å². The molecule has 4 heteroatoms. The lowest BCUT2D eigenvalue weighted by atomic mass is 10.0. The third-order valence-corrected chi connectivity index (χ3v) is 4.67. The zero-order valence-corrected chi connectivity index (χ0v) is 13.2. The summed E-state index contributed by atoms with van der Waals surface area (Å²) < 4.78 is 11.6. The maximum absolute atomic E-state index is 12.2. The van der Waals surface area contributed by atoms with Gasteiger partial charge in [-0.1, -0.05) is 20.3 Å². The van der Waals surface area contributed by atoms with Crippen LogP contribution in [0.15, 0.2) is 18.2 Å². The van der Waals surface area contributed by atoms with Crippen molar-refractivity contribution in [2.45, 2.75) is 26.7 Å². The highest BCUT2D eigenvalue weighted by atomic mass is 32.1. The summed E-state index contributed by atoms with van der Waals surface area (Å²) >= 11 is 1.52. The Hall–Kier alpha value is -1.55. The molecule has 1 aromatic carbocycles. The zero-order valence-electron chi connectivity index (χ0n) is 12.4. The SMILES string of the molecule is CCC(C)CC(=O)c1cc2cc(OC)c(OC)cc2s1. The number of hydrogen-bond acceptors (Lipinski definition) is 4. The van der Waals surface area contributed by atoms with Crippen molar-refractivity contribution >= 4 is 27.2 Å². The molecule has 2 rings (SSSR count). The smallest absolute Gasteiger partial charge is 0.173 e. The second-order valence-electron chi connectivity index (χ2n) is 5.00. The highest BCUT2D eigenvalue weighted by Gasteiger charge is 2.15. The highest BCUT2D eigenvalue weighted by Crippen LogP contribution is 2.36. The Morgan fingerprint density at radius 1 is 1.20 bits per heavy atom. The molecule has 0 spiro atoms. The van der Waals surface area contributed by atoms with Crippen molar-refractivity contribution < 1.29 is 14.3 Å². The summed E-state index contributed by atoms with van der Waals surface area (Å²) in [6, 6.07) is 5.80. The van der Waals surface area contributed by atoms with Crippen molar-refractivity contribution in [3.8, 4) is 11.5 Å². The fraction of sp³-hybridized carbons (Fsp3) is 0.438. The molecular formula is C16H20O3S. The van der Waals surface area contributed by atoms with E-state index in [0.717, 1.165) is 21.4 Å². The molecule has 0 aliphatic rings. The van der Waals surface area contributed by atoms with Gasteiger partial charge in [0.25, 0.3) is 0 Å². The first-order chi connectivity index (χ1) is 9.58. The minimum atomic E-state index is 0.221. The number of ether oxygens (including phenoxy) is 2. The molecule has 0 saturated carbocycles. The summed E-state index contributed by atoms with van der Waals surface area (Å²) in [5.41, 5.74) is 0. The van der Waals surface area contributed by atoms with Crippen molar-refractivity contribution in [1.29, 1.82) is 0 Å². The topological polar surface area (TPSA) is 35.5 Å². The van der Waals surface area contributed by atoms with E-state index in [1.54, 1.807) is 14.2 Å². The van der Waals surface area contributed by atoms with Crippen LogP contribution in [0.4, 0.5) is 0 Å². The van der Waals surface area contributed by atoms with E-state index >= 15 is 0 Å². The zero-order chi connectivity index (χ0) is 14.7. The predicted molar refractivity (Wildman–Crippen MR) is 83.3 cm³/mol. The number of rotatable bonds is 6. The number of hydrogen-bond donors (Lipinski definition) is 0. The molecule has 0 N–H and O–H groups in total. The molecule has 0 fully saturated rings. The molecule has 0 amide bonds. The van der Waals surface area contributed by atoms with E-state index in [4.69, 9.17) is 9.47 Å². The van der Waals surface area contributed by atoms with Crippen LogP contribution in [0.1, 0.15) is 36.4 Å². The standard InChI is InChI=1S/C16H20O3S/c1-5-10(2)6-12(17)16-8-11-7-13(18-3)14(19-4)9-15(11)20-16/h7-10H,5-6H2,1-4H3. The number of carbonyl (C=O) groups is 1. The fourth-order valence-electron chi connectivity index (χ4n) is 2.07. The van der Waals surface area contributed by atoms with E-state index in [2.05, 4.69) is 13.8 Å². The summed E-state index contributed by atoms with van der Waals surface area (Å²) in [6.45, 7) is 4.22. The molecule has 108 valence electrons. The minimum Gasteiger partial charge on any atom is -0.493 e. The highest BCUT2D eigenvalue weighted by molar-refractivity contribution is 7.20. The number of benzene rings is 1. The summed E-state index contributed by atoms with van der Waals surface area (Å²) in [7, 11) is 3.23. The molecule has 0 radical (unpaired) electrons. The summed E-state index contributed by atoms with van der Waals surface area (Å²) in [4.78, 5) is 13.1. The number of ketones is 1. The first-order valence-electron chi connectivity index (χ1n) is 6.77. The van der Waals surface area contributed by atoms with Crippen molar-refractivity contribution in [3.05, 3.63) is 23.1 Å². The number of Topliss-reactive ketones (excluding diaryl/α,β-unsaturated/α-hetero) is 1. The van der Waals surface area contributed by atoms with Gasteiger partial charge in [-0.15, -0.1) is 11.3 Å². The first kappa shape index (κ1) is 14.9. The van der Waals surface area contributed by atoms with Crippen LogP contribution in [0.5, 0.6) is 11.5 Å². The van der Waals surface area contributed by atoms with Gasteiger partial charge in [-0.2, -0.15) is 0 Å². The Morgan fingerprint density at radius 2 is 1.85 bits per heavy atom. The predicted octanol–water partition coefficient (Wildman–Crippen LogP) is 4.54. The van der Waals surface area contributed by atoms with Gasteiger partial charge in [-0.3, -0.25) is 4.79 Å². The lowest BCUT2D eigenvalue weighted by molar-refractivity contribution is 0.0967. The van der Waals surface area contributed by atoms with E-state index in [9.17, 15) is 4.79 Å². The van der Waals surface area contributed by atoms with E-state index < -0.39 is 0 Å². The monoisotopic (exact) mass is 292 g/mol. The molecule has 20 heavy (non-hydrogen) atoms. The molecule has 0 bridgehead atoms. The van der Waals surface area contributed by atoms with Crippen LogP contribution in [0.3, 0.4) is 0 Å². The molecule has 1 heterocycles. The fourth-order valence-corrected chi connectivity index (χ4v) is 3.09. The molecule has 3 nitrogen and oxygen atoms in total. The van der Waals surface area contributed by atoms with Crippen molar-refractivity contribution in [2.24, 2.45) is 5.92 Å². The Kier molecular flexibility index (Phi) is 4.65. The molecule has 2 aromatic rings. The van der Waals surface area contributed by atoms with Crippen molar-refractivity contribution in [1.82, 2.24) is 0 Å². The normalized spacial score (nSPS) is 12.4. The molecule has 0 aliphatic carbocycles. The molecule has 1 unspecified atom stereocenters. The largest absolute Gasteiger partial charge is 0.493 e. The lowest BCUT2D eigenvalue weighted by Crippen LogP contribution is -2.03. The van der Waals surface area contributed by atoms with Crippen LogP contribution < -0.4 is 9.47 Å². The average Bonchev–Trinajstić information content (AvgIpc) is 2.88. The van der Waals surface area contributed by atoms with Crippen LogP contribution in [-0.4, -0.2) is 20.0 Å². The maximum atomic E-state index is 12.2. The van der Waals surface area contributed by atoms with E-state index in [0.29, 0.717) is 23.8 Å². The third-order valence-electron chi connectivity index (χ3n) is 3.53. The second-order valence-corrected chi connectivity index (χ2v) is 6.08. The van der Waals surface area contributed by atoms with Gasteiger partial charge >= 0.3 is 0 Å². The first-order valence-corrected chi connectivity index (χ1v) is 7.59. The van der Waals surface area contributed by atoms with Gasteiger partial charge in [0.15, 0.2) is 17.3 Å². The Labute approximate surface area is 123 Å². The quantitative estimate of drug-likeness (QED) is 0.733. The molecule has 1 atom stereocenters. The summed E-state index contributed by atoms with van der Waals surface area (Å²) in [5, 5.41) is 1.03. The van der Waals surface area contributed by atoms with Crippen LogP contribution in [0.25, 0.3) is 10.1 Å². The maximum Gasteiger partial charge on any atom is 0.173 e. The van der Waals surface area contributed by atoms with Crippen LogP contribution in [0, 0.1) is 5.92 Å². The van der Waals surface area contributed by atoms with Gasteiger partial charge < -0.3 is 9.47 Å². The minimum absolute atomic E-state index is 0.221. The summed E-state index contributed by atoms with van der Waals surface area (Å²) in [5.74, 6) is 2.04. The van der Waals surface area contributed by atoms with Crippen molar-refractivity contribution in [2.75, 3.05) is 14.2 Å². The van der Waals surface area contributed by atoms with E-state index in [-0.39, 0.29) is 5.78 Å². The van der Waals surface area contributed by atoms with Gasteiger partial charge in [0.05, 0.1) is 19.1 Å². The Balaban J connectivity index is 2.36. The molecule has 1 aromatic heterocycles. The third kappa shape index (κ3) is 2.96. The van der Waals surface area contributed by atoms with Crippen molar-refractivity contribution in [3.63, 3.8) is 0 Å². The molecule has 0 aliphatic heterocycles. The molecular weight excluding hydrogens is 272 g/mol. The van der Waals surface area contributed by atoms with Gasteiger partial charge in [0.1, 0.15) is 0 Å². The molecule has 0 saturated heterocycles. The van der Waals surface area contributed by atoms with Crippen LogP contribution >= 0.6 is 11.3 Å². The average molecular weight is 292 g/mol. The summed E-state index contributed by atoms with van der Waals surface area (Å²) in [6.07, 6.45) is 1.63. The van der Waals surface area contributed by atoms with Gasteiger partial charge in [0, 0.05) is 17.2 Å². The lowest BCUT2D eigenvalue weighted by Gasteiger charge is -2.06. The Bertz CT molecular complexity index is 574. The van der Waals surface area contributed by atoms with Crippen LogP contribution in [-0.2, 0) is 0 Å².